The summed E-state index contributed by atoms with van der Waals surface area (Å²) in [7, 11) is 0. The number of phenolic OH excluding ortho intramolecular Hbond substituents is 1. The number of urea groups is 1. The molecule has 13 nitrogen and oxygen atoms in total. The standard InChI is InChI=1S/C27H35N7O6/c28-19(13-17-8-10-18(35)11-9-17)24(37)32-20-7-4-12-30-27(40)31-15-22(23(29)36)34-26(39)21(33-25(20)38)14-16-5-2-1-3-6-16/h1-3,5-6,8-11,19-22,35H,4,7,12-15,28H2,(H2,29,36)(H,32,37)(H,33,38)(H,34,39)(H2,30,31,40)/t19-,20-,21-,22-/m0/s1. The summed E-state index contributed by atoms with van der Waals surface area (Å²) in [5.41, 5.74) is 13.0. The Kier molecular flexibility index (Phi) is 10.8. The van der Waals surface area contributed by atoms with Gasteiger partial charge in [-0.3, -0.25) is 19.2 Å². The van der Waals surface area contributed by atoms with Gasteiger partial charge in [0.25, 0.3) is 0 Å². The fraction of sp³-hybridized carbons (Fsp3) is 0.370. The number of carbonyl (C=O) groups excluding carboxylic acids is 5. The van der Waals surface area contributed by atoms with Crippen molar-refractivity contribution < 1.29 is 29.1 Å². The summed E-state index contributed by atoms with van der Waals surface area (Å²) < 4.78 is 0. The van der Waals surface area contributed by atoms with E-state index in [1.165, 1.54) is 12.1 Å². The van der Waals surface area contributed by atoms with E-state index in [1.54, 1.807) is 36.4 Å². The second kappa shape index (κ2) is 14.5. The van der Waals surface area contributed by atoms with Crippen molar-refractivity contribution in [2.45, 2.75) is 49.9 Å². The minimum absolute atomic E-state index is 0.0803. The highest BCUT2D eigenvalue weighted by Crippen LogP contribution is 2.11. The summed E-state index contributed by atoms with van der Waals surface area (Å²) in [5.74, 6) is -2.68. The third-order valence-corrected chi connectivity index (χ3v) is 6.36. The molecule has 2 aromatic rings. The van der Waals surface area contributed by atoms with Crippen molar-refractivity contribution >= 4 is 29.7 Å². The Morgan fingerprint density at radius 3 is 2.33 bits per heavy atom. The molecule has 40 heavy (non-hydrogen) atoms. The number of rotatable bonds is 7. The number of phenols is 1. The number of primary amides is 1. The maximum absolute atomic E-state index is 13.4. The van der Waals surface area contributed by atoms with Crippen molar-refractivity contribution in [1.82, 2.24) is 26.6 Å². The summed E-state index contributed by atoms with van der Waals surface area (Å²) in [6.07, 6.45) is 0.718. The maximum atomic E-state index is 13.4. The molecular formula is C27H35N7O6. The first-order valence-corrected chi connectivity index (χ1v) is 12.9. The molecule has 1 aliphatic heterocycles. The van der Waals surface area contributed by atoms with Crippen LogP contribution in [0.1, 0.15) is 24.0 Å². The molecule has 1 fully saturated rings. The van der Waals surface area contributed by atoms with E-state index in [0.29, 0.717) is 6.42 Å². The van der Waals surface area contributed by atoms with Crippen LogP contribution in [-0.2, 0) is 32.0 Å². The zero-order valence-corrected chi connectivity index (χ0v) is 21.9. The van der Waals surface area contributed by atoms with Crippen LogP contribution in [0.25, 0.3) is 0 Å². The first-order valence-electron chi connectivity index (χ1n) is 12.9. The SMILES string of the molecule is NC(=O)[C@@H]1CNC(=O)NCCC[C@H](NC(=O)[C@@H](N)Cc2ccc(O)cc2)C(=O)N[C@@H](Cc2ccccc2)C(=O)N1. The van der Waals surface area contributed by atoms with Crippen molar-refractivity contribution in [3.8, 4) is 5.75 Å². The van der Waals surface area contributed by atoms with Crippen LogP contribution in [0.3, 0.4) is 0 Å². The molecule has 0 saturated carbocycles. The Balaban J connectivity index is 1.79. The van der Waals surface area contributed by atoms with Gasteiger partial charge in [0.05, 0.1) is 6.04 Å². The molecule has 4 atom stereocenters. The smallest absolute Gasteiger partial charge is 0.314 e. The molecule has 2 aromatic carbocycles. The number of amides is 6. The molecule has 1 heterocycles. The third-order valence-electron chi connectivity index (χ3n) is 6.36. The van der Waals surface area contributed by atoms with Crippen molar-refractivity contribution in [2.75, 3.05) is 13.1 Å². The van der Waals surface area contributed by atoms with E-state index in [9.17, 15) is 29.1 Å². The summed E-state index contributed by atoms with van der Waals surface area (Å²) in [6, 6.07) is 10.2. The van der Waals surface area contributed by atoms with Crippen LogP contribution in [-0.4, -0.2) is 72.0 Å². The first kappa shape index (κ1) is 29.9. The molecule has 0 unspecified atom stereocenters. The fourth-order valence-corrected chi connectivity index (χ4v) is 4.12. The molecule has 0 spiro atoms. The van der Waals surface area contributed by atoms with Crippen LogP contribution in [0, 0.1) is 0 Å². The van der Waals surface area contributed by atoms with Gasteiger partial charge in [0, 0.05) is 19.5 Å². The van der Waals surface area contributed by atoms with Gasteiger partial charge in [-0.05, 0) is 42.5 Å². The van der Waals surface area contributed by atoms with E-state index < -0.39 is 53.8 Å². The monoisotopic (exact) mass is 553 g/mol. The van der Waals surface area contributed by atoms with Crippen LogP contribution in [0.5, 0.6) is 5.75 Å². The van der Waals surface area contributed by atoms with Gasteiger partial charge in [0.2, 0.25) is 23.6 Å². The van der Waals surface area contributed by atoms with E-state index in [4.69, 9.17) is 11.5 Å². The molecule has 0 aromatic heterocycles. The highest BCUT2D eigenvalue weighted by molar-refractivity contribution is 5.95. The van der Waals surface area contributed by atoms with Crippen molar-refractivity contribution in [2.24, 2.45) is 11.5 Å². The maximum Gasteiger partial charge on any atom is 0.314 e. The lowest BCUT2D eigenvalue weighted by Gasteiger charge is -2.26. The minimum atomic E-state index is -1.22. The van der Waals surface area contributed by atoms with E-state index in [1.807, 2.05) is 6.07 Å². The molecule has 13 heteroatoms. The average molecular weight is 554 g/mol. The summed E-state index contributed by atoms with van der Waals surface area (Å²) in [6.45, 7) is -0.0669. The van der Waals surface area contributed by atoms with E-state index >= 15 is 0 Å². The van der Waals surface area contributed by atoms with Gasteiger partial charge in [-0.1, -0.05) is 42.5 Å². The second-order valence-corrected chi connectivity index (χ2v) is 9.53. The number of nitrogens with two attached hydrogens (primary N) is 2. The van der Waals surface area contributed by atoms with Gasteiger partial charge in [0.15, 0.2) is 0 Å². The van der Waals surface area contributed by atoms with Crippen LogP contribution in [0.2, 0.25) is 0 Å². The van der Waals surface area contributed by atoms with Gasteiger partial charge >= 0.3 is 6.03 Å². The molecule has 214 valence electrons. The summed E-state index contributed by atoms with van der Waals surface area (Å²) >= 11 is 0. The zero-order valence-electron chi connectivity index (χ0n) is 21.9. The van der Waals surface area contributed by atoms with Gasteiger partial charge < -0.3 is 43.2 Å². The Hall–Kier alpha value is -4.65. The molecule has 1 saturated heterocycles. The number of carbonyl (C=O) groups is 5. The van der Waals surface area contributed by atoms with E-state index in [2.05, 4.69) is 26.6 Å². The Labute approximate surface area is 231 Å². The number of hydrogen-bond acceptors (Lipinski definition) is 7. The zero-order chi connectivity index (χ0) is 29.1. The quantitative estimate of drug-likeness (QED) is 0.203. The van der Waals surface area contributed by atoms with Crippen LogP contribution in [0.4, 0.5) is 4.79 Å². The number of nitrogens with one attached hydrogen (secondary N) is 5. The molecule has 10 N–H and O–H groups in total. The number of hydrogen-bond donors (Lipinski definition) is 8. The van der Waals surface area contributed by atoms with Crippen LogP contribution < -0.4 is 38.1 Å². The molecule has 0 bridgehead atoms. The third kappa shape index (κ3) is 9.27. The lowest BCUT2D eigenvalue weighted by atomic mass is 10.0. The molecule has 3 rings (SSSR count). The molecule has 0 aliphatic carbocycles. The highest BCUT2D eigenvalue weighted by atomic mass is 16.3. The van der Waals surface area contributed by atoms with Gasteiger partial charge in [-0.25, -0.2) is 4.79 Å². The number of aromatic hydroxyl groups is 1. The van der Waals surface area contributed by atoms with Crippen molar-refractivity contribution in [1.29, 1.82) is 0 Å². The highest BCUT2D eigenvalue weighted by Gasteiger charge is 2.30. The Morgan fingerprint density at radius 1 is 0.950 bits per heavy atom. The number of benzene rings is 2. The normalized spacial score (nSPS) is 21.4. The average Bonchev–Trinajstić information content (AvgIpc) is 2.93. The molecular weight excluding hydrogens is 518 g/mol. The minimum Gasteiger partial charge on any atom is -0.508 e. The fourth-order valence-electron chi connectivity index (χ4n) is 4.12. The van der Waals surface area contributed by atoms with Crippen molar-refractivity contribution in [3.63, 3.8) is 0 Å². The Bertz CT molecular complexity index is 1190. The predicted octanol–water partition coefficient (Wildman–Crippen LogP) is -1.46. The summed E-state index contributed by atoms with van der Waals surface area (Å²) in [5, 5.41) is 22.4. The predicted molar refractivity (Wildman–Crippen MR) is 146 cm³/mol. The van der Waals surface area contributed by atoms with Gasteiger partial charge in [-0.2, -0.15) is 0 Å². The summed E-state index contributed by atoms with van der Waals surface area (Å²) in [4.78, 5) is 63.6. The lowest BCUT2D eigenvalue weighted by molar-refractivity contribution is -0.133. The Morgan fingerprint density at radius 2 is 1.65 bits per heavy atom. The second-order valence-electron chi connectivity index (χ2n) is 9.53. The first-order chi connectivity index (χ1) is 19.1. The molecule has 0 radical (unpaired) electrons. The van der Waals surface area contributed by atoms with Crippen LogP contribution >= 0.6 is 0 Å². The van der Waals surface area contributed by atoms with E-state index in [0.717, 1.165) is 11.1 Å². The lowest BCUT2D eigenvalue weighted by Crippen LogP contribution is -2.60. The van der Waals surface area contributed by atoms with Crippen LogP contribution in [0.15, 0.2) is 54.6 Å². The van der Waals surface area contributed by atoms with Crippen molar-refractivity contribution in [3.05, 3.63) is 65.7 Å². The van der Waals surface area contributed by atoms with E-state index in [-0.39, 0.29) is 38.1 Å². The molecule has 1 aliphatic rings. The topological polar surface area (TPSA) is 218 Å². The van der Waals surface area contributed by atoms with Gasteiger partial charge in [0.1, 0.15) is 23.9 Å². The largest absolute Gasteiger partial charge is 0.508 e. The molecule has 6 amide bonds. The van der Waals surface area contributed by atoms with Gasteiger partial charge in [-0.15, -0.1) is 0 Å².